The van der Waals surface area contributed by atoms with Crippen LogP contribution in [0.15, 0.2) is 0 Å². The first-order chi connectivity index (χ1) is 17.2. The molecule has 0 radical (unpaired) electrons. The molecule has 0 aliphatic rings. The van der Waals surface area contributed by atoms with E-state index in [9.17, 15) is 0 Å². The van der Waals surface area contributed by atoms with Crippen LogP contribution in [0.2, 0.25) is 65.5 Å². The van der Waals surface area contributed by atoms with Gasteiger partial charge >= 0.3 is 25.7 Å². The fourth-order valence-electron chi connectivity index (χ4n) is 4.05. The van der Waals surface area contributed by atoms with Crippen molar-refractivity contribution >= 4 is 42.3 Å². The second-order valence-corrected chi connectivity index (χ2v) is 32.0. The standard InChI is InChI=1S/C23H58O10Si5/c1-22(28-15-14-24)18-26-20-37(12,31-35(7,8)9)33-38(13,32-36(10,11)30-34(4,5)6)21-27-19-23(2)29-17-16-25-3/h22-24H,14-21H2,1-13H3. The molecule has 10 nitrogen and oxygen atoms in total. The Bertz CT molecular complexity index is 635. The smallest absolute Gasteiger partial charge is 0.344 e. The van der Waals surface area contributed by atoms with Crippen LogP contribution in [0.1, 0.15) is 13.8 Å². The number of methoxy groups -OCH3 is 1. The van der Waals surface area contributed by atoms with Gasteiger partial charge in [-0.15, -0.1) is 0 Å². The molecule has 230 valence electrons. The van der Waals surface area contributed by atoms with Crippen molar-refractivity contribution in [2.24, 2.45) is 0 Å². The van der Waals surface area contributed by atoms with E-state index < -0.39 is 42.3 Å². The normalized spacial score (nSPS) is 18.2. The van der Waals surface area contributed by atoms with Crippen LogP contribution in [0.4, 0.5) is 0 Å². The van der Waals surface area contributed by atoms with Gasteiger partial charge in [0.15, 0.2) is 16.6 Å². The first-order valence-corrected chi connectivity index (χ1v) is 28.2. The fourth-order valence-corrected chi connectivity index (χ4v) is 26.5. The van der Waals surface area contributed by atoms with Gasteiger partial charge in [0.25, 0.3) is 0 Å². The summed E-state index contributed by atoms with van der Waals surface area (Å²) in [5.41, 5.74) is 0. The summed E-state index contributed by atoms with van der Waals surface area (Å²) in [5, 5.41) is 9.01. The maximum absolute atomic E-state index is 9.01. The Hall–Kier alpha value is 0.684. The molecule has 0 spiro atoms. The number of aliphatic hydroxyl groups excluding tert-OH is 1. The van der Waals surface area contributed by atoms with Crippen LogP contribution in [0.25, 0.3) is 0 Å². The van der Waals surface area contributed by atoms with Gasteiger partial charge in [-0.05, 0) is 79.3 Å². The van der Waals surface area contributed by atoms with Crippen LogP contribution in [-0.2, 0) is 40.1 Å². The second kappa shape index (κ2) is 17.6. The van der Waals surface area contributed by atoms with Crippen molar-refractivity contribution < 1.29 is 45.3 Å². The summed E-state index contributed by atoms with van der Waals surface area (Å²) in [6.45, 7) is 27.2. The van der Waals surface area contributed by atoms with Gasteiger partial charge in [-0.3, -0.25) is 0 Å². The third kappa shape index (κ3) is 20.5. The average molecular weight is 635 g/mol. The van der Waals surface area contributed by atoms with Gasteiger partial charge in [0.2, 0.25) is 0 Å². The van der Waals surface area contributed by atoms with Crippen LogP contribution in [0.3, 0.4) is 0 Å². The highest BCUT2D eigenvalue weighted by Crippen LogP contribution is 2.27. The van der Waals surface area contributed by atoms with Crippen LogP contribution < -0.4 is 0 Å². The lowest BCUT2D eigenvalue weighted by atomic mass is 10.4. The average Bonchev–Trinajstić information content (AvgIpc) is 2.68. The van der Waals surface area contributed by atoms with E-state index in [4.69, 9.17) is 45.3 Å². The van der Waals surface area contributed by atoms with Crippen molar-refractivity contribution in [1.82, 2.24) is 0 Å². The zero-order valence-corrected chi connectivity index (χ0v) is 31.4. The molecular formula is C23H58O10Si5. The Balaban J connectivity index is 5.71. The van der Waals surface area contributed by atoms with Crippen molar-refractivity contribution in [2.45, 2.75) is 91.5 Å². The molecule has 0 rings (SSSR count). The zero-order valence-electron chi connectivity index (χ0n) is 26.4. The predicted octanol–water partition coefficient (Wildman–Crippen LogP) is 4.13. The lowest BCUT2D eigenvalue weighted by Crippen LogP contribution is -2.64. The SMILES string of the molecule is COCCOC(C)COC[Si](C)(O[Si](C)(C)O[Si](C)(C)C)O[Si](C)(COCC(C)OCCO)O[Si](C)(C)C. The van der Waals surface area contributed by atoms with Gasteiger partial charge in [-0.1, -0.05) is 0 Å². The molecule has 0 bridgehead atoms. The van der Waals surface area contributed by atoms with E-state index in [1.807, 2.05) is 26.9 Å². The molecule has 0 aliphatic heterocycles. The molecule has 0 fully saturated rings. The number of rotatable bonds is 23. The molecule has 0 saturated heterocycles. The number of aliphatic hydroxyl groups is 1. The first-order valence-electron chi connectivity index (χ1n) is 13.5. The van der Waals surface area contributed by atoms with Gasteiger partial charge < -0.3 is 45.3 Å². The highest BCUT2D eigenvalue weighted by molar-refractivity contribution is 6.90. The minimum atomic E-state index is -2.95. The highest BCUT2D eigenvalue weighted by atomic mass is 28.5. The van der Waals surface area contributed by atoms with Crippen LogP contribution in [0, 0.1) is 0 Å². The van der Waals surface area contributed by atoms with E-state index in [0.29, 0.717) is 38.9 Å². The van der Waals surface area contributed by atoms with Gasteiger partial charge in [0, 0.05) is 7.11 Å². The Morgan fingerprint density at radius 2 is 1.03 bits per heavy atom. The molecule has 4 unspecified atom stereocenters. The largest absolute Gasteiger partial charge is 0.437 e. The summed E-state index contributed by atoms with van der Waals surface area (Å²) < 4.78 is 55.5. The van der Waals surface area contributed by atoms with E-state index in [2.05, 4.69) is 52.4 Å². The molecule has 0 aliphatic carbocycles. The predicted molar refractivity (Wildman–Crippen MR) is 163 cm³/mol. The minimum Gasteiger partial charge on any atom is -0.437 e. The maximum Gasteiger partial charge on any atom is 0.344 e. The summed E-state index contributed by atoms with van der Waals surface area (Å²) >= 11 is 0. The van der Waals surface area contributed by atoms with Crippen molar-refractivity contribution in [3.63, 3.8) is 0 Å². The molecule has 0 saturated carbocycles. The Morgan fingerprint density at radius 1 is 0.579 bits per heavy atom. The van der Waals surface area contributed by atoms with Crippen molar-refractivity contribution in [1.29, 1.82) is 0 Å². The number of ether oxygens (including phenoxy) is 5. The molecule has 0 heterocycles. The van der Waals surface area contributed by atoms with Gasteiger partial charge in [-0.25, -0.2) is 0 Å². The molecule has 0 aromatic heterocycles. The number of hydrogen-bond acceptors (Lipinski definition) is 10. The van der Waals surface area contributed by atoms with Crippen LogP contribution >= 0.6 is 0 Å². The third-order valence-corrected chi connectivity index (χ3v) is 21.8. The van der Waals surface area contributed by atoms with Gasteiger partial charge in [-0.2, -0.15) is 0 Å². The summed E-state index contributed by atoms with van der Waals surface area (Å²) in [7, 11) is -10.5. The quantitative estimate of drug-likeness (QED) is 0.130. The minimum absolute atomic E-state index is 0.0187. The summed E-state index contributed by atoms with van der Waals surface area (Å²) in [6.07, 6.45) is 0.428. The monoisotopic (exact) mass is 634 g/mol. The van der Waals surface area contributed by atoms with Gasteiger partial charge in [0.05, 0.1) is 64.3 Å². The molecule has 0 aromatic rings. The third-order valence-electron chi connectivity index (χ3n) is 4.58. The lowest BCUT2D eigenvalue weighted by molar-refractivity contribution is -0.0200. The summed E-state index contributed by atoms with van der Waals surface area (Å²) in [6, 6.07) is 0. The molecule has 38 heavy (non-hydrogen) atoms. The lowest BCUT2D eigenvalue weighted by Gasteiger charge is -2.43. The molecule has 0 amide bonds. The molecule has 0 aromatic carbocycles. The maximum atomic E-state index is 9.01. The van der Waals surface area contributed by atoms with Crippen LogP contribution in [0.5, 0.6) is 0 Å². The topological polar surface area (TPSA) is 103 Å². The highest BCUT2D eigenvalue weighted by Gasteiger charge is 2.50. The Morgan fingerprint density at radius 3 is 1.45 bits per heavy atom. The second-order valence-electron chi connectivity index (χ2n) is 12.4. The molecular weight excluding hydrogens is 577 g/mol. The summed E-state index contributed by atoms with van der Waals surface area (Å²) in [5.74, 6) is 0. The first kappa shape index (κ1) is 38.7. The summed E-state index contributed by atoms with van der Waals surface area (Å²) in [4.78, 5) is 0. The van der Waals surface area contributed by atoms with Crippen molar-refractivity contribution in [2.75, 3.05) is 59.2 Å². The van der Waals surface area contributed by atoms with Gasteiger partial charge in [0.1, 0.15) is 0 Å². The van der Waals surface area contributed by atoms with E-state index in [0.717, 1.165) is 0 Å². The van der Waals surface area contributed by atoms with E-state index in [1.54, 1.807) is 7.11 Å². The van der Waals surface area contributed by atoms with Crippen molar-refractivity contribution in [3.8, 4) is 0 Å². The zero-order chi connectivity index (χ0) is 29.7. The Kier molecular flexibility index (Phi) is 17.9. The van der Waals surface area contributed by atoms with E-state index in [1.165, 1.54) is 0 Å². The Labute approximate surface area is 237 Å². The molecule has 4 atom stereocenters. The van der Waals surface area contributed by atoms with Crippen molar-refractivity contribution in [3.05, 3.63) is 0 Å². The van der Waals surface area contributed by atoms with E-state index >= 15 is 0 Å². The number of hydrogen-bond donors (Lipinski definition) is 1. The fraction of sp³-hybridized carbons (Fsp3) is 1.00. The molecule has 15 heteroatoms. The van der Waals surface area contributed by atoms with Crippen LogP contribution in [-0.4, -0.2) is 119 Å². The molecule has 1 N–H and O–H groups in total. The van der Waals surface area contributed by atoms with E-state index in [-0.39, 0.29) is 25.4 Å².